The first-order chi connectivity index (χ1) is 27.7. The second-order valence-corrected chi connectivity index (χ2v) is 15.4. The van der Waals surface area contributed by atoms with Gasteiger partial charge in [-0.25, -0.2) is 15.0 Å². The summed E-state index contributed by atoms with van der Waals surface area (Å²) in [6.45, 7) is 0. The molecule has 0 bridgehead atoms. The molecule has 0 amide bonds. The van der Waals surface area contributed by atoms with E-state index in [1.165, 1.54) is 54.3 Å². The van der Waals surface area contributed by atoms with Crippen LogP contribution in [0.1, 0.15) is 22.3 Å². The Bertz CT molecular complexity index is 2850. The first kappa shape index (κ1) is 32.5. The summed E-state index contributed by atoms with van der Waals surface area (Å²) in [5, 5.41) is 0. The average Bonchev–Trinajstić information content (AvgIpc) is 3.57. The molecule has 56 heavy (non-hydrogen) atoms. The van der Waals surface area contributed by atoms with Gasteiger partial charge in [0.05, 0.1) is 5.41 Å². The van der Waals surface area contributed by atoms with Gasteiger partial charge in [-0.15, -0.1) is 0 Å². The highest BCUT2D eigenvalue weighted by atomic mass is 32.2. The van der Waals surface area contributed by atoms with Gasteiger partial charge in [0.25, 0.3) is 0 Å². The van der Waals surface area contributed by atoms with Crippen LogP contribution in [0.2, 0.25) is 0 Å². The molecule has 262 valence electrons. The number of aromatic nitrogens is 3. The van der Waals surface area contributed by atoms with Gasteiger partial charge in [-0.05, 0) is 79.9 Å². The smallest absolute Gasteiger partial charge is 0.164 e. The Kier molecular flexibility index (Phi) is 7.64. The van der Waals surface area contributed by atoms with Crippen LogP contribution in [0, 0.1) is 0 Å². The molecule has 0 radical (unpaired) electrons. The summed E-state index contributed by atoms with van der Waals surface area (Å²) in [5.74, 6) is 1.95. The first-order valence-corrected chi connectivity index (χ1v) is 19.8. The quantitative estimate of drug-likeness (QED) is 0.177. The van der Waals surface area contributed by atoms with Crippen LogP contribution >= 0.6 is 11.8 Å². The molecular weight excluding hydrogens is 699 g/mol. The molecule has 4 heteroatoms. The Morgan fingerprint density at radius 2 is 0.696 bits per heavy atom. The minimum absolute atomic E-state index is 0.374. The zero-order valence-corrected chi connectivity index (χ0v) is 31.1. The number of benzene rings is 8. The van der Waals surface area contributed by atoms with Gasteiger partial charge in [0.2, 0.25) is 0 Å². The van der Waals surface area contributed by atoms with Crippen LogP contribution in [0.25, 0.3) is 67.5 Å². The van der Waals surface area contributed by atoms with Gasteiger partial charge in [0, 0.05) is 26.5 Å². The molecule has 0 N–H and O–H groups in total. The summed E-state index contributed by atoms with van der Waals surface area (Å²) in [6, 6.07) is 71.7. The summed E-state index contributed by atoms with van der Waals surface area (Å²) >= 11 is 1.88. The minimum Gasteiger partial charge on any atom is -0.208 e. The number of hydrogen-bond acceptors (Lipinski definition) is 4. The molecular formula is C52H33N3S. The summed E-state index contributed by atoms with van der Waals surface area (Å²) < 4.78 is 0. The van der Waals surface area contributed by atoms with Gasteiger partial charge in [-0.3, -0.25) is 0 Å². The van der Waals surface area contributed by atoms with Crippen molar-refractivity contribution in [1.82, 2.24) is 15.0 Å². The molecule has 1 aliphatic carbocycles. The molecule has 3 nitrogen and oxygen atoms in total. The number of rotatable bonds is 5. The average molecular weight is 732 g/mol. The maximum absolute atomic E-state index is 4.99. The second-order valence-electron chi connectivity index (χ2n) is 14.4. The SMILES string of the molecule is c1ccc(-c2nc(-c3ccccc3)nc(-c3cccc(-c4cccc(-c5ccc6c(c5)Sc5ccccc5C65c6ccccc6-c6ccccc65)c4)c3)n2)cc1. The fraction of sp³-hybridized carbons (Fsp3) is 0.0192. The first-order valence-electron chi connectivity index (χ1n) is 18.9. The Morgan fingerprint density at radius 1 is 0.286 bits per heavy atom. The Labute approximate surface area is 330 Å². The van der Waals surface area contributed by atoms with Crippen molar-refractivity contribution in [3.05, 3.63) is 222 Å². The van der Waals surface area contributed by atoms with Crippen molar-refractivity contribution < 1.29 is 0 Å². The zero-order chi connectivity index (χ0) is 37.1. The molecule has 0 unspecified atom stereocenters. The van der Waals surface area contributed by atoms with Crippen molar-refractivity contribution in [3.8, 4) is 67.5 Å². The molecule has 1 spiro atoms. The lowest BCUT2D eigenvalue weighted by atomic mass is 9.67. The van der Waals surface area contributed by atoms with E-state index >= 15 is 0 Å². The number of nitrogens with zero attached hydrogens (tertiary/aromatic N) is 3. The van der Waals surface area contributed by atoms with Crippen LogP contribution in [0.5, 0.6) is 0 Å². The van der Waals surface area contributed by atoms with E-state index in [9.17, 15) is 0 Å². The molecule has 8 aromatic carbocycles. The van der Waals surface area contributed by atoms with E-state index in [2.05, 4.69) is 140 Å². The highest BCUT2D eigenvalue weighted by Crippen LogP contribution is 2.62. The van der Waals surface area contributed by atoms with E-state index in [1.54, 1.807) is 0 Å². The van der Waals surface area contributed by atoms with Crippen molar-refractivity contribution in [2.75, 3.05) is 0 Å². The van der Waals surface area contributed by atoms with Gasteiger partial charge >= 0.3 is 0 Å². The molecule has 2 heterocycles. The summed E-state index contributed by atoms with van der Waals surface area (Å²) in [5.41, 5.74) is 15.1. The molecule has 11 rings (SSSR count). The van der Waals surface area contributed by atoms with E-state index in [4.69, 9.17) is 15.0 Å². The van der Waals surface area contributed by atoms with Crippen molar-refractivity contribution in [3.63, 3.8) is 0 Å². The van der Waals surface area contributed by atoms with Crippen LogP contribution in [-0.2, 0) is 5.41 Å². The van der Waals surface area contributed by atoms with Crippen molar-refractivity contribution >= 4 is 11.8 Å². The Hall–Kier alpha value is -6.88. The highest BCUT2D eigenvalue weighted by Gasteiger charge is 2.50. The summed E-state index contributed by atoms with van der Waals surface area (Å²) in [7, 11) is 0. The molecule has 0 saturated heterocycles. The van der Waals surface area contributed by atoms with Crippen LogP contribution < -0.4 is 0 Å². The molecule has 9 aromatic rings. The van der Waals surface area contributed by atoms with E-state index in [0.717, 1.165) is 27.8 Å². The molecule has 1 aromatic heterocycles. The van der Waals surface area contributed by atoms with E-state index in [1.807, 2.05) is 72.4 Å². The van der Waals surface area contributed by atoms with E-state index in [0.29, 0.717) is 17.5 Å². The van der Waals surface area contributed by atoms with Gasteiger partial charge in [-0.1, -0.05) is 188 Å². The van der Waals surface area contributed by atoms with Gasteiger partial charge in [0.1, 0.15) is 0 Å². The van der Waals surface area contributed by atoms with E-state index < -0.39 is 0 Å². The normalized spacial score (nSPS) is 13.1. The topological polar surface area (TPSA) is 38.7 Å². The predicted molar refractivity (Wildman–Crippen MR) is 228 cm³/mol. The van der Waals surface area contributed by atoms with Crippen molar-refractivity contribution in [2.24, 2.45) is 0 Å². The minimum atomic E-state index is -0.374. The van der Waals surface area contributed by atoms with Crippen LogP contribution in [-0.4, -0.2) is 15.0 Å². The lowest BCUT2D eigenvalue weighted by molar-refractivity contribution is 0.722. The van der Waals surface area contributed by atoms with Crippen molar-refractivity contribution in [2.45, 2.75) is 15.2 Å². The van der Waals surface area contributed by atoms with Crippen LogP contribution in [0.15, 0.2) is 210 Å². The number of hydrogen-bond donors (Lipinski definition) is 0. The monoisotopic (exact) mass is 731 g/mol. The Morgan fingerprint density at radius 3 is 1.29 bits per heavy atom. The standard InChI is InChI=1S/C52H33N3S/c1-3-15-34(16-4-1)49-53-50(35-17-5-2-6-18-35)55-51(54-49)40-22-14-21-38(32-40)36-19-13-20-37(31-36)39-29-30-46-48(33-39)56-47-28-12-11-27-45(47)52(46)43-25-9-7-23-41(43)42-24-8-10-26-44(42)52/h1-33H. The van der Waals surface area contributed by atoms with Gasteiger partial charge in [-0.2, -0.15) is 0 Å². The fourth-order valence-electron chi connectivity index (χ4n) is 8.69. The summed E-state index contributed by atoms with van der Waals surface area (Å²) in [4.78, 5) is 17.5. The lowest BCUT2D eigenvalue weighted by Gasteiger charge is -2.39. The third-order valence-corrected chi connectivity index (χ3v) is 12.3. The number of fused-ring (bicyclic) bond motifs is 9. The molecule has 0 fully saturated rings. The third kappa shape index (κ3) is 5.18. The van der Waals surface area contributed by atoms with Crippen molar-refractivity contribution in [1.29, 1.82) is 0 Å². The maximum Gasteiger partial charge on any atom is 0.164 e. The summed E-state index contributed by atoms with van der Waals surface area (Å²) in [6.07, 6.45) is 0. The zero-order valence-electron chi connectivity index (χ0n) is 30.3. The predicted octanol–water partition coefficient (Wildman–Crippen LogP) is 13.0. The Balaban J connectivity index is 1.00. The largest absolute Gasteiger partial charge is 0.208 e. The third-order valence-electron chi connectivity index (χ3n) is 11.2. The molecule has 2 aliphatic rings. The van der Waals surface area contributed by atoms with E-state index in [-0.39, 0.29) is 5.41 Å². The fourth-order valence-corrected chi connectivity index (χ4v) is 9.93. The van der Waals surface area contributed by atoms with Gasteiger partial charge < -0.3 is 0 Å². The molecule has 0 atom stereocenters. The molecule has 1 aliphatic heterocycles. The van der Waals surface area contributed by atoms with Crippen LogP contribution in [0.4, 0.5) is 0 Å². The second kappa shape index (κ2) is 13.2. The van der Waals surface area contributed by atoms with Gasteiger partial charge in [0.15, 0.2) is 17.5 Å². The highest BCUT2D eigenvalue weighted by molar-refractivity contribution is 7.99. The maximum atomic E-state index is 4.99. The molecule has 0 saturated carbocycles. The van der Waals surface area contributed by atoms with Crippen LogP contribution in [0.3, 0.4) is 0 Å². The lowest BCUT2D eigenvalue weighted by Crippen LogP contribution is -2.31.